The minimum atomic E-state index is -0.273. The van der Waals surface area contributed by atoms with Gasteiger partial charge >= 0.3 is 0 Å². The maximum Gasteiger partial charge on any atom is 0.259 e. The van der Waals surface area contributed by atoms with Gasteiger partial charge in [-0.15, -0.1) is 0 Å². The molecule has 0 spiro atoms. The summed E-state index contributed by atoms with van der Waals surface area (Å²) in [7, 11) is 0. The highest BCUT2D eigenvalue weighted by Crippen LogP contribution is 2.65. The number of hydrogen-bond acceptors (Lipinski definition) is 4. The third kappa shape index (κ3) is 3.11. The van der Waals surface area contributed by atoms with Crippen molar-refractivity contribution in [1.82, 2.24) is 4.90 Å². The van der Waals surface area contributed by atoms with Crippen molar-refractivity contribution in [3.05, 3.63) is 72.3 Å². The van der Waals surface area contributed by atoms with Crippen LogP contribution in [0.15, 0.2) is 66.7 Å². The van der Waals surface area contributed by atoms with Crippen LogP contribution in [0.5, 0.6) is 5.75 Å². The molecule has 0 aromatic heterocycles. The minimum absolute atomic E-state index is 0.0822. The number of anilines is 1. The van der Waals surface area contributed by atoms with E-state index in [9.17, 15) is 14.4 Å². The molecule has 7 rings (SSSR count). The Kier molecular flexibility index (Phi) is 4.64. The number of benzene rings is 2. The van der Waals surface area contributed by atoms with Gasteiger partial charge in [0.1, 0.15) is 12.4 Å². The highest BCUT2D eigenvalue weighted by molar-refractivity contribution is 6.09. The summed E-state index contributed by atoms with van der Waals surface area (Å²) in [5.41, 5.74) is 1.12. The van der Waals surface area contributed by atoms with E-state index in [0.29, 0.717) is 35.4 Å². The number of ether oxygens (including phenoxy) is 1. The fourth-order valence-corrected chi connectivity index (χ4v) is 6.19. The first-order chi connectivity index (χ1) is 16.1. The Hall–Kier alpha value is -3.41. The van der Waals surface area contributed by atoms with E-state index < -0.39 is 0 Å². The second-order valence-electron chi connectivity index (χ2n) is 9.43. The van der Waals surface area contributed by atoms with Crippen molar-refractivity contribution < 1.29 is 19.1 Å². The Morgan fingerprint density at radius 3 is 2.12 bits per heavy atom. The number of carbonyl (C=O) groups excluding carboxylic acids is 3. The Morgan fingerprint density at radius 1 is 0.939 bits per heavy atom. The van der Waals surface area contributed by atoms with Gasteiger partial charge in [-0.05, 0) is 73.4 Å². The summed E-state index contributed by atoms with van der Waals surface area (Å²) < 4.78 is 5.53. The van der Waals surface area contributed by atoms with E-state index in [1.165, 1.54) is 9.80 Å². The summed E-state index contributed by atoms with van der Waals surface area (Å²) in [6.07, 6.45) is 5.45. The van der Waals surface area contributed by atoms with Crippen molar-refractivity contribution in [2.24, 2.45) is 35.5 Å². The molecule has 3 amide bonds. The summed E-state index contributed by atoms with van der Waals surface area (Å²) in [6.45, 7) is 2.38. The van der Waals surface area contributed by atoms with Crippen LogP contribution in [0.2, 0.25) is 0 Å². The summed E-state index contributed by atoms with van der Waals surface area (Å²) >= 11 is 0. The molecule has 0 radical (unpaired) electrons. The van der Waals surface area contributed by atoms with Crippen LogP contribution in [0.4, 0.5) is 5.69 Å². The molecule has 2 aromatic rings. The fraction of sp³-hybridized carbons (Fsp3) is 0.370. The number of amides is 3. The lowest BCUT2D eigenvalue weighted by Crippen LogP contribution is -2.45. The molecule has 4 aliphatic carbocycles. The third-order valence-electron chi connectivity index (χ3n) is 7.76. The van der Waals surface area contributed by atoms with Crippen LogP contribution in [-0.4, -0.2) is 35.9 Å². The lowest BCUT2D eigenvalue weighted by molar-refractivity contribution is -0.140. The van der Waals surface area contributed by atoms with Crippen molar-refractivity contribution in [3.8, 4) is 5.75 Å². The largest absolute Gasteiger partial charge is 0.494 e. The Balaban J connectivity index is 1.32. The standard InChI is InChI=1S/C27H26N2O4/c1-2-33-18-10-8-17(9-11-18)28(25(30)16-6-4-3-5-7-16)15-29-26(31)23-19-12-13-20(22-14-21(19)22)24(23)27(29)32/h3-13,19-24H,2,14-15H2,1H3/t19-,20-,21-,22-,23+,24+/m0/s1. The molecule has 0 unspecified atom stereocenters. The van der Waals surface area contributed by atoms with Gasteiger partial charge in [-0.1, -0.05) is 30.4 Å². The highest BCUT2D eigenvalue weighted by atomic mass is 16.5. The van der Waals surface area contributed by atoms with Gasteiger partial charge in [-0.2, -0.15) is 0 Å². The normalized spacial score (nSPS) is 30.8. The first kappa shape index (κ1) is 20.2. The number of likely N-dealkylation sites (tertiary alicyclic amines) is 1. The van der Waals surface area contributed by atoms with Crippen LogP contribution in [0.1, 0.15) is 23.7 Å². The molecule has 6 atom stereocenters. The molecule has 6 heteroatoms. The van der Waals surface area contributed by atoms with Crippen LogP contribution >= 0.6 is 0 Å². The molecule has 2 bridgehead atoms. The Morgan fingerprint density at radius 2 is 1.55 bits per heavy atom. The molecule has 1 saturated heterocycles. The van der Waals surface area contributed by atoms with E-state index in [0.717, 1.165) is 6.42 Å². The Bertz CT molecular complexity index is 1110. The van der Waals surface area contributed by atoms with E-state index >= 15 is 0 Å². The van der Waals surface area contributed by atoms with E-state index in [-0.39, 0.29) is 48.1 Å². The molecule has 6 nitrogen and oxygen atoms in total. The number of rotatable bonds is 6. The minimum Gasteiger partial charge on any atom is -0.494 e. The fourth-order valence-electron chi connectivity index (χ4n) is 6.19. The first-order valence-electron chi connectivity index (χ1n) is 11.7. The number of nitrogens with zero attached hydrogens (tertiary/aromatic N) is 2. The molecule has 5 aliphatic rings. The lowest BCUT2D eigenvalue weighted by atomic mass is 9.63. The third-order valence-corrected chi connectivity index (χ3v) is 7.76. The van der Waals surface area contributed by atoms with Crippen LogP contribution in [0.3, 0.4) is 0 Å². The average molecular weight is 443 g/mol. The zero-order chi connectivity index (χ0) is 22.7. The van der Waals surface area contributed by atoms with Gasteiger partial charge in [0.25, 0.3) is 5.91 Å². The van der Waals surface area contributed by atoms with E-state index in [4.69, 9.17) is 4.74 Å². The van der Waals surface area contributed by atoms with Crippen LogP contribution in [-0.2, 0) is 9.59 Å². The molecule has 1 aliphatic heterocycles. The van der Waals surface area contributed by atoms with E-state index in [1.807, 2.05) is 13.0 Å². The maximum absolute atomic E-state index is 13.5. The lowest BCUT2D eigenvalue weighted by Gasteiger charge is -2.37. The number of carbonyl (C=O) groups is 3. The van der Waals surface area contributed by atoms with Gasteiger partial charge in [-0.25, -0.2) is 0 Å². The molecule has 2 saturated carbocycles. The van der Waals surface area contributed by atoms with Gasteiger partial charge in [0, 0.05) is 11.3 Å². The topological polar surface area (TPSA) is 66.9 Å². The smallest absolute Gasteiger partial charge is 0.259 e. The van der Waals surface area contributed by atoms with Crippen molar-refractivity contribution in [3.63, 3.8) is 0 Å². The molecule has 33 heavy (non-hydrogen) atoms. The molecule has 1 heterocycles. The summed E-state index contributed by atoms with van der Waals surface area (Å²) in [5, 5.41) is 0. The van der Waals surface area contributed by atoms with Crippen LogP contribution in [0.25, 0.3) is 0 Å². The first-order valence-corrected chi connectivity index (χ1v) is 11.7. The molecule has 3 fully saturated rings. The number of imide groups is 1. The van der Waals surface area contributed by atoms with Gasteiger partial charge in [0.05, 0.1) is 18.4 Å². The van der Waals surface area contributed by atoms with E-state index in [1.54, 1.807) is 48.5 Å². The number of allylic oxidation sites excluding steroid dienone is 2. The quantitative estimate of drug-likeness (QED) is 0.505. The van der Waals surface area contributed by atoms with Gasteiger partial charge in [-0.3, -0.25) is 24.2 Å². The number of hydrogen-bond donors (Lipinski definition) is 0. The van der Waals surface area contributed by atoms with Crippen LogP contribution < -0.4 is 9.64 Å². The van der Waals surface area contributed by atoms with Gasteiger partial charge < -0.3 is 4.74 Å². The SMILES string of the molecule is CCOc1ccc(N(CN2C(=O)[C@@H]3[C@H]4C=C[C@@H]([C@@H]5C[C@@H]45)[C@H]3C2=O)C(=O)c2ccccc2)cc1. The second-order valence-corrected chi connectivity index (χ2v) is 9.43. The highest BCUT2D eigenvalue weighted by Gasteiger charge is 2.67. The van der Waals surface area contributed by atoms with Crippen molar-refractivity contribution >= 4 is 23.4 Å². The van der Waals surface area contributed by atoms with Gasteiger partial charge in [0.15, 0.2) is 0 Å². The molecular weight excluding hydrogens is 416 g/mol. The summed E-state index contributed by atoms with van der Waals surface area (Å²) in [6, 6.07) is 16.1. The average Bonchev–Trinajstić information content (AvgIpc) is 3.63. The predicted molar refractivity (Wildman–Crippen MR) is 122 cm³/mol. The molecule has 168 valence electrons. The van der Waals surface area contributed by atoms with Crippen molar-refractivity contribution in [2.45, 2.75) is 13.3 Å². The van der Waals surface area contributed by atoms with Crippen molar-refractivity contribution in [1.29, 1.82) is 0 Å². The molecule has 0 N–H and O–H groups in total. The molecule has 2 aromatic carbocycles. The maximum atomic E-state index is 13.5. The van der Waals surface area contributed by atoms with Crippen molar-refractivity contribution in [2.75, 3.05) is 18.2 Å². The summed E-state index contributed by atoms with van der Waals surface area (Å²) in [4.78, 5) is 43.3. The predicted octanol–water partition coefficient (Wildman–Crippen LogP) is 3.74. The zero-order valence-electron chi connectivity index (χ0n) is 18.5. The summed E-state index contributed by atoms with van der Waals surface area (Å²) in [5.74, 6) is 1.06. The zero-order valence-corrected chi connectivity index (χ0v) is 18.5. The Labute approximate surface area is 192 Å². The second kappa shape index (κ2) is 7.58. The van der Waals surface area contributed by atoms with Gasteiger partial charge in [0.2, 0.25) is 11.8 Å². The van der Waals surface area contributed by atoms with Crippen LogP contribution in [0, 0.1) is 35.5 Å². The monoisotopic (exact) mass is 442 g/mol. The molecular formula is C27H26N2O4. The van der Waals surface area contributed by atoms with E-state index in [2.05, 4.69) is 12.2 Å².